The Hall–Kier alpha value is -3.58. The number of benzene rings is 3. The summed E-state index contributed by atoms with van der Waals surface area (Å²) in [5.41, 5.74) is 2.55. The largest absolute Gasteiger partial charge is 0.492 e. The van der Waals surface area contributed by atoms with Crippen LogP contribution in [0.5, 0.6) is 5.75 Å². The van der Waals surface area contributed by atoms with E-state index in [9.17, 15) is 8.42 Å². The Morgan fingerprint density at radius 1 is 0.903 bits per heavy atom. The highest BCUT2D eigenvalue weighted by Gasteiger charge is 2.25. The molecule has 0 bridgehead atoms. The first kappa shape index (κ1) is 20.7. The molecular formula is C24H23N3O3S. The molecule has 1 heterocycles. The van der Waals surface area contributed by atoms with Crippen LogP contribution in [0.25, 0.3) is 11.3 Å². The Morgan fingerprint density at radius 3 is 2.26 bits per heavy atom. The van der Waals surface area contributed by atoms with Gasteiger partial charge in [-0.3, -0.25) is 9.40 Å². The van der Waals surface area contributed by atoms with Crippen molar-refractivity contribution in [2.75, 3.05) is 11.3 Å². The van der Waals surface area contributed by atoms with Crippen LogP contribution >= 0.6 is 0 Å². The number of rotatable bonds is 8. The highest BCUT2D eigenvalue weighted by Crippen LogP contribution is 2.31. The van der Waals surface area contributed by atoms with Gasteiger partial charge in [0.1, 0.15) is 16.3 Å². The zero-order chi connectivity index (χ0) is 21.7. The zero-order valence-corrected chi connectivity index (χ0v) is 17.9. The lowest BCUT2D eigenvalue weighted by molar-refractivity contribution is 0.342. The molecule has 0 saturated carbocycles. The van der Waals surface area contributed by atoms with Gasteiger partial charge < -0.3 is 4.74 Å². The van der Waals surface area contributed by atoms with Crippen LogP contribution in [0, 0.1) is 0 Å². The lowest BCUT2D eigenvalue weighted by Crippen LogP contribution is -2.14. The topological polar surface area (TPSA) is 73.2 Å². The fourth-order valence-corrected chi connectivity index (χ4v) is 4.52. The molecule has 1 N–H and O–H groups in total. The van der Waals surface area contributed by atoms with E-state index in [1.165, 1.54) is 0 Å². The minimum Gasteiger partial charge on any atom is -0.492 e. The van der Waals surface area contributed by atoms with Gasteiger partial charge in [0, 0.05) is 11.8 Å². The van der Waals surface area contributed by atoms with Gasteiger partial charge in [0.2, 0.25) is 0 Å². The Balaban J connectivity index is 1.75. The summed E-state index contributed by atoms with van der Waals surface area (Å²) in [6.07, 6.45) is 1.57. The molecule has 1 aromatic heterocycles. The monoisotopic (exact) mass is 433 g/mol. The molecule has 0 amide bonds. The molecule has 0 aliphatic rings. The van der Waals surface area contributed by atoms with Gasteiger partial charge in [-0.15, -0.1) is 0 Å². The third-order valence-electron chi connectivity index (χ3n) is 4.68. The number of aromatic nitrogens is 2. The molecule has 7 heteroatoms. The smallest absolute Gasteiger partial charge is 0.265 e. The molecule has 0 unspecified atom stereocenters. The van der Waals surface area contributed by atoms with Crippen molar-refractivity contribution < 1.29 is 13.2 Å². The van der Waals surface area contributed by atoms with Gasteiger partial charge in [-0.2, -0.15) is 5.10 Å². The lowest BCUT2D eigenvalue weighted by atomic mass is 10.2. The molecule has 0 radical (unpaired) electrons. The molecule has 0 aliphatic carbocycles. The minimum atomic E-state index is -3.92. The van der Waals surface area contributed by atoms with Crippen molar-refractivity contribution in [3.05, 3.63) is 96.7 Å². The van der Waals surface area contributed by atoms with E-state index in [0.717, 1.165) is 11.1 Å². The van der Waals surface area contributed by atoms with E-state index in [1.54, 1.807) is 35.1 Å². The summed E-state index contributed by atoms with van der Waals surface area (Å²) < 4.78 is 36.7. The van der Waals surface area contributed by atoms with Crippen LogP contribution in [0.15, 0.2) is 96.0 Å². The highest BCUT2D eigenvalue weighted by molar-refractivity contribution is 7.92. The van der Waals surface area contributed by atoms with E-state index in [2.05, 4.69) is 9.82 Å². The molecule has 0 spiro atoms. The molecule has 0 aliphatic heterocycles. The van der Waals surface area contributed by atoms with Crippen molar-refractivity contribution in [3.8, 4) is 17.0 Å². The van der Waals surface area contributed by atoms with E-state index >= 15 is 0 Å². The van der Waals surface area contributed by atoms with Gasteiger partial charge in [0.25, 0.3) is 10.0 Å². The van der Waals surface area contributed by atoms with E-state index in [0.29, 0.717) is 30.3 Å². The zero-order valence-electron chi connectivity index (χ0n) is 17.1. The molecule has 3 aromatic carbocycles. The number of ether oxygens (including phenoxy) is 1. The predicted molar refractivity (Wildman–Crippen MR) is 122 cm³/mol. The maximum atomic E-state index is 13.4. The van der Waals surface area contributed by atoms with Crippen molar-refractivity contribution in [2.45, 2.75) is 18.4 Å². The molecule has 0 fully saturated rings. The van der Waals surface area contributed by atoms with E-state index in [-0.39, 0.29) is 4.90 Å². The second-order valence-electron chi connectivity index (χ2n) is 6.93. The third-order valence-corrected chi connectivity index (χ3v) is 6.05. The molecule has 0 atom stereocenters. The summed E-state index contributed by atoms with van der Waals surface area (Å²) >= 11 is 0. The average Bonchev–Trinajstić information content (AvgIpc) is 3.21. The standard InChI is InChI=1S/C24H23N3O3S/c1-2-30-22-16-10-9-15-21(22)26-31(28,29)23-18-27(17-19-11-5-3-6-12-19)25-24(23)20-13-7-4-8-14-20/h3-16,18,26H,2,17H2,1H3. The average molecular weight is 434 g/mol. The summed E-state index contributed by atoms with van der Waals surface area (Å²) in [5, 5.41) is 4.61. The summed E-state index contributed by atoms with van der Waals surface area (Å²) in [4.78, 5) is 0.112. The first-order valence-electron chi connectivity index (χ1n) is 9.98. The summed E-state index contributed by atoms with van der Waals surface area (Å²) in [6.45, 7) is 2.75. The SMILES string of the molecule is CCOc1ccccc1NS(=O)(=O)c1cn(Cc2ccccc2)nc1-c1ccccc1. The van der Waals surface area contributed by atoms with Gasteiger partial charge in [0.15, 0.2) is 0 Å². The Kier molecular flexibility index (Phi) is 6.04. The first-order chi connectivity index (χ1) is 15.1. The summed E-state index contributed by atoms with van der Waals surface area (Å²) in [5.74, 6) is 0.478. The first-order valence-corrected chi connectivity index (χ1v) is 11.5. The van der Waals surface area contributed by atoms with Crippen LogP contribution in [-0.2, 0) is 16.6 Å². The van der Waals surface area contributed by atoms with Crippen LogP contribution < -0.4 is 9.46 Å². The van der Waals surface area contributed by atoms with Crippen LogP contribution in [0.2, 0.25) is 0 Å². The van der Waals surface area contributed by atoms with Crippen molar-refractivity contribution in [1.29, 1.82) is 0 Å². The maximum absolute atomic E-state index is 13.4. The Morgan fingerprint density at radius 2 is 1.55 bits per heavy atom. The fourth-order valence-electron chi connectivity index (χ4n) is 3.28. The van der Waals surface area contributed by atoms with E-state index < -0.39 is 10.0 Å². The van der Waals surface area contributed by atoms with Crippen molar-refractivity contribution in [3.63, 3.8) is 0 Å². The molecule has 158 valence electrons. The second kappa shape index (κ2) is 9.06. The van der Waals surface area contributed by atoms with E-state index in [4.69, 9.17) is 4.74 Å². The molecular weight excluding hydrogens is 410 g/mol. The number of para-hydroxylation sites is 2. The van der Waals surface area contributed by atoms with E-state index in [1.807, 2.05) is 67.6 Å². The number of hydrogen-bond acceptors (Lipinski definition) is 4. The third kappa shape index (κ3) is 4.78. The Labute approximate surface area is 182 Å². The molecule has 4 aromatic rings. The van der Waals surface area contributed by atoms with Crippen LogP contribution in [0.3, 0.4) is 0 Å². The van der Waals surface area contributed by atoms with Gasteiger partial charge in [-0.1, -0.05) is 72.8 Å². The van der Waals surface area contributed by atoms with Crippen LogP contribution in [0.1, 0.15) is 12.5 Å². The summed E-state index contributed by atoms with van der Waals surface area (Å²) in [7, 11) is -3.92. The number of nitrogens with one attached hydrogen (secondary N) is 1. The highest BCUT2D eigenvalue weighted by atomic mass is 32.2. The summed E-state index contributed by atoms with van der Waals surface area (Å²) in [6, 6.07) is 26.1. The quantitative estimate of drug-likeness (QED) is 0.433. The minimum absolute atomic E-state index is 0.112. The molecule has 4 rings (SSSR count). The van der Waals surface area contributed by atoms with Gasteiger partial charge in [0.05, 0.1) is 18.8 Å². The van der Waals surface area contributed by atoms with Crippen LogP contribution in [0.4, 0.5) is 5.69 Å². The van der Waals surface area contributed by atoms with Crippen LogP contribution in [-0.4, -0.2) is 24.8 Å². The predicted octanol–water partition coefficient (Wildman–Crippen LogP) is 4.80. The van der Waals surface area contributed by atoms with Crippen molar-refractivity contribution in [2.24, 2.45) is 0 Å². The maximum Gasteiger partial charge on any atom is 0.265 e. The number of anilines is 1. The lowest BCUT2D eigenvalue weighted by Gasteiger charge is -2.12. The fraction of sp³-hybridized carbons (Fsp3) is 0.125. The van der Waals surface area contributed by atoms with Gasteiger partial charge in [-0.05, 0) is 24.6 Å². The number of hydrogen-bond donors (Lipinski definition) is 1. The number of nitrogens with zero attached hydrogens (tertiary/aromatic N) is 2. The van der Waals surface area contributed by atoms with Crippen molar-refractivity contribution >= 4 is 15.7 Å². The number of sulfonamides is 1. The normalized spacial score (nSPS) is 11.3. The van der Waals surface area contributed by atoms with Crippen molar-refractivity contribution in [1.82, 2.24) is 9.78 Å². The molecule has 0 saturated heterocycles. The van der Waals surface area contributed by atoms with Gasteiger partial charge >= 0.3 is 0 Å². The molecule has 31 heavy (non-hydrogen) atoms. The molecule has 6 nitrogen and oxygen atoms in total. The second-order valence-corrected chi connectivity index (χ2v) is 8.58. The Bertz CT molecular complexity index is 1250. The van der Waals surface area contributed by atoms with Gasteiger partial charge in [-0.25, -0.2) is 8.42 Å².